The van der Waals surface area contributed by atoms with Gasteiger partial charge in [-0.1, -0.05) is 30.3 Å². The molecule has 2 saturated heterocycles. The topological polar surface area (TPSA) is 79.0 Å². The van der Waals surface area contributed by atoms with Gasteiger partial charge in [0.2, 0.25) is 11.8 Å². The molecule has 0 aromatic heterocycles. The van der Waals surface area contributed by atoms with Crippen LogP contribution in [0.5, 0.6) is 0 Å². The molecule has 7 heteroatoms. The zero-order valence-corrected chi connectivity index (χ0v) is 15.6. The lowest BCUT2D eigenvalue weighted by Gasteiger charge is -2.33. The Kier molecular flexibility index (Phi) is 6.81. The van der Waals surface area contributed by atoms with Gasteiger partial charge in [0.25, 0.3) is 0 Å². The van der Waals surface area contributed by atoms with Crippen LogP contribution < -0.4 is 5.32 Å². The van der Waals surface area contributed by atoms with Gasteiger partial charge in [0, 0.05) is 45.6 Å². The standard InChI is InChI=1S/C20H27N3O4/c24-18-8-12-23(20(26)21-18)13-9-19(25)22-10-6-17(7-11-22)15-27-14-16-4-2-1-3-5-16/h1-5,17H,6-15H2,(H,21,24,26). The molecular weight excluding hydrogens is 346 g/mol. The molecule has 0 bridgehead atoms. The van der Waals surface area contributed by atoms with E-state index in [1.807, 2.05) is 23.1 Å². The lowest BCUT2D eigenvalue weighted by atomic mass is 9.97. The van der Waals surface area contributed by atoms with Crippen LogP contribution in [0.15, 0.2) is 30.3 Å². The second-order valence-corrected chi connectivity index (χ2v) is 7.17. The predicted molar refractivity (Wildman–Crippen MR) is 99.7 cm³/mol. The summed E-state index contributed by atoms with van der Waals surface area (Å²) in [5, 5.41) is 2.28. The molecule has 4 amide bonds. The summed E-state index contributed by atoms with van der Waals surface area (Å²) in [6.45, 7) is 3.57. The summed E-state index contributed by atoms with van der Waals surface area (Å²) in [6, 6.07) is 9.73. The van der Waals surface area contributed by atoms with Crippen LogP contribution in [0.4, 0.5) is 4.79 Å². The monoisotopic (exact) mass is 373 g/mol. The molecule has 0 atom stereocenters. The first-order valence-corrected chi connectivity index (χ1v) is 9.60. The summed E-state index contributed by atoms with van der Waals surface area (Å²) in [4.78, 5) is 38.6. The van der Waals surface area contributed by atoms with E-state index >= 15 is 0 Å². The average Bonchev–Trinajstić information content (AvgIpc) is 2.68. The zero-order valence-electron chi connectivity index (χ0n) is 15.6. The maximum Gasteiger partial charge on any atom is 0.324 e. The molecule has 0 aliphatic carbocycles. The smallest absolute Gasteiger partial charge is 0.324 e. The number of nitrogens with one attached hydrogen (secondary N) is 1. The minimum absolute atomic E-state index is 0.0725. The number of carbonyl (C=O) groups excluding carboxylic acids is 3. The number of carbonyl (C=O) groups is 3. The Morgan fingerprint density at radius 3 is 2.56 bits per heavy atom. The van der Waals surface area contributed by atoms with Gasteiger partial charge in [0.15, 0.2) is 0 Å². The van der Waals surface area contributed by atoms with Crippen LogP contribution in [0.3, 0.4) is 0 Å². The number of likely N-dealkylation sites (tertiary alicyclic amines) is 1. The second kappa shape index (κ2) is 9.50. The zero-order chi connectivity index (χ0) is 19.1. The Morgan fingerprint density at radius 2 is 1.85 bits per heavy atom. The Bertz CT molecular complexity index is 656. The van der Waals surface area contributed by atoms with Crippen LogP contribution in [-0.4, -0.2) is 60.4 Å². The van der Waals surface area contributed by atoms with E-state index in [0.717, 1.165) is 32.5 Å². The van der Waals surface area contributed by atoms with Gasteiger partial charge in [-0.3, -0.25) is 14.9 Å². The maximum atomic E-state index is 12.4. The SMILES string of the molecule is O=C1CCN(CCC(=O)N2CCC(COCc3ccccc3)CC2)C(=O)N1. The van der Waals surface area contributed by atoms with Crippen LogP contribution >= 0.6 is 0 Å². The molecule has 1 aromatic rings. The number of rotatable bonds is 7. The fourth-order valence-corrected chi connectivity index (χ4v) is 3.47. The van der Waals surface area contributed by atoms with Gasteiger partial charge in [-0.05, 0) is 24.3 Å². The fourth-order valence-electron chi connectivity index (χ4n) is 3.47. The minimum Gasteiger partial charge on any atom is -0.376 e. The van der Waals surface area contributed by atoms with E-state index in [1.165, 1.54) is 10.5 Å². The van der Waals surface area contributed by atoms with Crippen molar-refractivity contribution in [2.75, 3.05) is 32.8 Å². The third-order valence-electron chi connectivity index (χ3n) is 5.17. The molecule has 3 rings (SSSR count). The number of amides is 4. The van der Waals surface area contributed by atoms with Crippen molar-refractivity contribution in [2.24, 2.45) is 5.92 Å². The number of urea groups is 1. The van der Waals surface area contributed by atoms with Crippen molar-refractivity contribution >= 4 is 17.8 Å². The van der Waals surface area contributed by atoms with E-state index in [-0.39, 0.29) is 11.8 Å². The largest absolute Gasteiger partial charge is 0.376 e. The summed E-state index contributed by atoms with van der Waals surface area (Å²) in [5.74, 6) is 0.305. The van der Waals surface area contributed by atoms with Crippen molar-refractivity contribution in [3.8, 4) is 0 Å². The normalized spacial score (nSPS) is 18.5. The lowest BCUT2D eigenvalue weighted by Crippen LogP contribution is -2.50. The van der Waals surface area contributed by atoms with E-state index in [4.69, 9.17) is 4.74 Å². The van der Waals surface area contributed by atoms with Crippen LogP contribution in [-0.2, 0) is 20.9 Å². The minimum atomic E-state index is -0.395. The number of imide groups is 1. The second-order valence-electron chi connectivity index (χ2n) is 7.17. The van der Waals surface area contributed by atoms with E-state index in [9.17, 15) is 14.4 Å². The van der Waals surface area contributed by atoms with Crippen LogP contribution in [0.1, 0.15) is 31.2 Å². The average molecular weight is 373 g/mol. The van der Waals surface area contributed by atoms with Gasteiger partial charge < -0.3 is 14.5 Å². The first-order chi connectivity index (χ1) is 13.1. The van der Waals surface area contributed by atoms with E-state index in [1.54, 1.807) is 0 Å². The van der Waals surface area contributed by atoms with Crippen molar-refractivity contribution in [1.82, 2.24) is 15.1 Å². The van der Waals surface area contributed by atoms with Gasteiger partial charge in [-0.15, -0.1) is 0 Å². The molecule has 2 fully saturated rings. The first kappa shape index (κ1) is 19.4. The van der Waals surface area contributed by atoms with Crippen molar-refractivity contribution in [2.45, 2.75) is 32.3 Å². The summed E-state index contributed by atoms with van der Waals surface area (Å²) in [7, 11) is 0. The van der Waals surface area contributed by atoms with Crippen LogP contribution in [0.25, 0.3) is 0 Å². The third kappa shape index (κ3) is 5.79. The van der Waals surface area contributed by atoms with Crippen molar-refractivity contribution in [3.05, 3.63) is 35.9 Å². The van der Waals surface area contributed by atoms with Gasteiger partial charge in [0.05, 0.1) is 6.61 Å². The summed E-state index contributed by atoms with van der Waals surface area (Å²) < 4.78 is 5.82. The molecule has 0 unspecified atom stereocenters. The number of nitrogens with zero attached hydrogens (tertiary/aromatic N) is 2. The Balaban J connectivity index is 1.32. The summed E-state index contributed by atoms with van der Waals surface area (Å²) in [5.41, 5.74) is 1.17. The lowest BCUT2D eigenvalue weighted by molar-refractivity contribution is -0.133. The van der Waals surface area contributed by atoms with Crippen LogP contribution in [0.2, 0.25) is 0 Å². The molecular formula is C20H27N3O4. The van der Waals surface area contributed by atoms with Crippen molar-refractivity contribution in [3.63, 3.8) is 0 Å². The molecule has 1 aromatic carbocycles. The molecule has 27 heavy (non-hydrogen) atoms. The first-order valence-electron chi connectivity index (χ1n) is 9.60. The molecule has 2 aliphatic rings. The van der Waals surface area contributed by atoms with E-state index in [2.05, 4.69) is 17.4 Å². The van der Waals surface area contributed by atoms with Gasteiger partial charge >= 0.3 is 6.03 Å². The van der Waals surface area contributed by atoms with E-state index < -0.39 is 6.03 Å². The Hall–Kier alpha value is -2.41. The highest BCUT2D eigenvalue weighted by molar-refractivity contribution is 5.96. The highest BCUT2D eigenvalue weighted by atomic mass is 16.5. The quantitative estimate of drug-likeness (QED) is 0.790. The summed E-state index contributed by atoms with van der Waals surface area (Å²) >= 11 is 0. The van der Waals surface area contributed by atoms with E-state index in [0.29, 0.717) is 38.5 Å². The highest BCUT2D eigenvalue weighted by Crippen LogP contribution is 2.19. The Morgan fingerprint density at radius 1 is 1.11 bits per heavy atom. The highest BCUT2D eigenvalue weighted by Gasteiger charge is 2.26. The van der Waals surface area contributed by atoms with Crippen molar-refractivity contribution in [1.29, 1.82) is 0 Å². The Labute approximate surface area is 159 Å². The number of hydrogen-bond donors (Lipinski definition) is 1. The molecule has 0 saturated carbocycles. The summed E-state index contributed by atoms with van der Waals surface area (Å²) in [6.07, 6.45) is 2.49. The molecule has 2 aliphatic heterocycles. The molecule has 0 spiro atoms. The van der Waals surface area contributed by atoms with Crippen molar-refractivity contribution < 1.29 is 19.1 Å². The fraction of sp³-hybridized carbons (Fsp3) is 0.550. The van der Waals surface area contributed by atoms with Gasteiger partial charge in [-0.2, -0.15) is 0 Å². The number of hydrogen-bond acceptors (Lipinski definition) is 4. The predicted octanol–water partition coefficient (Wildman–Crippen LogP) is 1.77. The van der Waals surface area contributed by atoms with Crippen LogP contribution in [0, 0.1) is 5.92 Å². The number of piperidine rings is 1. The molecule has 146 valence electrons. The van der Waals surface area contributed by atoms with Gasteiger partial charge in [0.1, 0.15) is 0 Å². The number of benzene rings is 1. The molecule has 2 heterocycles. The molecule has 7 nitrogen and oxygen atoms in total. The number of ether oxygens (including phenoxy) is 1. The third-order valence-corrected chi connectivity index (χ3v) is 5.17. The molecule has 0 radical (unpaired) electrons. The maximum absolute atomic E-state index is 12.4. The van der Waals surface area contributed by atoms with Gasteiger partial charge in [-0.25, -0.2) is 4.79 Å². The molecule has 1 N–H and O–H groups in total.